The van der Waals surface area contributed by atoms with E-state index in [0.29, 0.717) is 11.9 Å². The van der Waals surface area contributed by atoms with Crippen molar-refractivity contribution in [3.8, 4) is 0 Å². The van der Waals surface area contributed by atoms with E-state index in [9.17, 15) is 0 Å². The molecule has 4 heteroatoms. The Kier molecular flexibility index (Phi) is 4.36. The molecule has 27 heavy (non-hydrogen) atoms. The summed E-state index contributed by atoms with van der Waals surface area (Å²) < 4.78 is 6.30. The van der Waals surface area contributed by atoms with Gasteiger partial charge in [0.25, 0.3) is 6.02 Å². The maximum Gasteiger partial charge on any atom is 0.285 e. The van der Waals surface area contributed by atoms with Crippen LogP contribution < -0.4 is 0 Å². The van der Waals surface area contributed by atoms with E-state index in [1.165, 1.54) is 42.6 Å². The molecule has 0 radical (unpaired) electrons. The lowest BCUT2D eigenvalue weighted by molar-refractivity contribution is -0.0256. The molecule has 4 aliphatic heterocycles. The molecule has 0 unspecified atom stereocenters. The van der Waals surface area contributed by atoms with Crippen LogP contribution in [0, 0.1) is 11.3 Å². The standard InChI is InChI=1S/C23H27N3O/c24-23(27-21-16-25-13-10-18(21)11-14-25)26-15-12-17-6-4-5-9-20(17)22(26)19-7-2-1-3-8-19/h1-9,18,21-22,24H,10-16H2/t21-,22+/m1/s1. The fourth-order valence-corrected chi connectivity index (χ4v) is 5.04. The van der Waals surface area contributed by atoms with Gasteiger partial charge in [-0.25, -0.2) is 0 Å². The Labute approximate surface area is 161 Å². The third kappa shape index (κ3) is 3.12. The average molecular weight is 361 g/mol. The fraction of sp³-hybridized carbons (Fsp3) is 0.435. The van der Waals surface area contributed by atoms with Crippen LogP contribution in [0.4, 0.5) is 0 Å². The summed E-state index contributed by atoms with van der Waals surface area (Å²) in [5.41, 5.74) is 3.92. The molecule has 0 saturated carbocycles. The van der Waals surface area contributed by atoms with Crippen LogP contribution in [0.3, 0.4) is 0 Å². The Balaban J connectivity index is 1.43. The molecule has 2 bridgehead atoms. The maximum absolute atomic E-state index is 8.81. The number of hydrogen-bond donors (Lipinski definition) is 1. The van der Waals surface area contributed by atoms with Crippen molar-refractivity contribution in [1.29, 1.82) is 5.41 Å². The number of benzene rings is 2. The molecule has 2 aromatic carbocycles. The van der Waals surface area contributed by atoms with Gasteiger partial charge in [-0.3, -0.25) is 10.3 Å². The van der Waals surface area contributed by atoms with Gasteiger partial charge in [-0.1, -0.05) is 54.6 Å². The first-order valence-electron chi connectivity index (χ1n) is 10.2. The SMILES string of the molecule is N=C(O[C@@H]1CN2CCC1CC2)N1CCc2ccccc2[C@@H]1c1ccccc1. The van der Waals surface area contributed by atoms with E-state index in [2.05, 4.69) is 64.4 Å². The van der Waals surface area contributed by atoms with Crippen LogP contribution in [0.15, 0.2) is 54.6 Å². The second-order valence-electron chi connectivity index (χ2n) is 8.05. The molecule has 6 rings (SSSR count). The Hall–Kier alpha value is -2.33. The molecule has 3 fully saturated rings. The Morgan fingerprint density at radius 1 is 0.926 bits per heavy atom. The van der Waals surface area contributed by atoms with E-state index in [0.717, 1.165) is 19.5 Å². The zero-order valence-electron chi connectivity index (χ0n) is 15.7. The van der Waals surface area contributed by atoms with Crippen LogP contribution in [-0.2, 0) is 11.2 Å². The molecule has 0 aliphatic carbocycles. The van der Waals surface area contributed by atoms with E-state index in [4.69, 9.17) is 10.1 Å². The maximum atomic E-state index is 8.81. The number of piperidine rings is 3. The molecule has 0 spiro atoms. The van der Waals surface area contributed by atoms with Crippen molar-refractivity contribution in [2.24, 2.45) is 5.92 Å². The van der Waals surface area contributed by atoms with E-state index in [1.807, 2.05) is 0 Å². The summed E-state index contributed by atoms with van der Waals surface area (Å²) in [6, 6.07) is 19.6. The summed E-state index contributed by atoms with van der Waals surface area (Å²) in [5, 5.41) is 8.81. The number of nitrogens with one attached hydrogen (secondary N) is 1. The topological polar surface area (TPSA) is 39.6 Å². The third-order valence-corrected chi connectivity index (χ3v) is 6.52. The number of fused-ring (bicyclic) bond motifs is 4. The highest BCUT2D eigenvalue weighted by atomic mass is 16.5. The first-order chi connectivity index (χ1) is 13.3. The van der Waals surface area contributed by atoms with Crippen molar-refractivity contribution in [2.45, 2.75) is 31.4 Å². The van der Waals surface area contributed by atoms with Crippen molar-refractivity contribution in [1.82, 2.24) is 9.80 Å². The number of ether oxygens (including phenoxy) is 1. The van der Waals surface area contributed by atoms with Gasteiger partial charge in [0.2, 0.25) is 0 Å². The summed E-state index contributed by atoms with van der Waals surface area (Å²) in [7, 11) is 0. The van der Waals surface area contributed by atoms with Crippen LogP contribution >= 0.6 is 0 Å². The lowest BCUT2D eigenvalue weighted by Crippen LogP contribution is -2.53. The molecule has 4 aliphatic rings. The smallest absolute Gasteiger partial charge is 0.285 e. The zero-order chi connectivity index (χ0) is 18.2. The summed E-state index contributed by atoms with van der Waals surface area (Å²) in [6.45, 7) is 4.20. The second kappa shape index (κ2) is 7.01. The first kappa shape index (κ1) is 16.8. The van der Waals surface area contributed by atoms with Crippen LogP contribution in [0.5, 0.6) is 0 Å². The molecule has 1 N–H and O–H groups in total. The minimum absolute atomic E-state index is 0.0599. The van der Waals surface area contributed by atoms with Crippen LogP contribution in [0.2, 0.25) is 0 Å². The molecule has 2 atom stereocenters. The molecule has 2 aromatic rings. The second-order valence-corrected chi connectivity index (χ2v) is 8.05. The predicted octanol–water partition coefficient (Wildman–Crippen LogP) is 3.68. The number of hydrogen-bond acceptors (Lipinski definition) is 3. The van der Waals surface area contributed by atoms with Crippen molar-refractivity contribution in [3.05, 3.63) is 71.3 Å². The van der Waals surface area contributed by atoms with Gasteiger partial charge in [-0.15, -0.1) is 0 Å². The molecular formula is C23H27N3O. The first-order valence-corrected chi connectivity index (χ1v) is 10.2. The van der Waals surface area contributed by atoms with Gasteiger partial charge >= 0.3 is 0 Å². The van der Waals surface area contributed by atoms with Crippen molar-refractivity contribution in [3.63, 3.8) is 0 Å². The number of rotatable bonds is 2. The lowest BCUT2D eigenvalue weighted by Gasteiger charge is -2.46. The molecule has 140 valence electrons. The summed E-state index contributed by atoms with van der Waals surface area (Å²) in [5.74, 6) is 0.614. The molecule has 0 amide bonds. The van der Waals surface area contributed by atoms with Gasteiger partial charge in [0, 0.05) is 13.1 Å². The van der Waals surface area contributed by atoms with Gasteiger partial charge < -0.3 is 9.64 Å². The van der Waals surface area contributed by atoms with E-state index >= 15 is 0 Å². The van der Waals surface area contributed by atoms with Crippen molar-refractivity contribution >= 4 is 6.02 Å². The van der Waals surface area contributed by atoms with Crippen LogP contribution in [-0.4, -0.2) is 48.1 Å². The van der Waals surface area contributed by atoms with Gasteiger partial charge in [-0.2, -0.15) is 0 Å². The highest BCUT2D eigenvalue weighted by Crippen LogP contribution is 2.36. The van der Waals surface area contributed by atoms with E-state index in [1.54, 1.807) is 0 Å². The third-order valence-electron chi connectivity index (χ3n) is 6.52. The predicted molar refractivity (Wildman–Crippen MR) is 107 cm³/mol. The van der Waals surface area contributed by atoms with Gasteiger partial charge in [0.15, 0.2) is 0 Å². The fourth-order valence-electron chi connectivity index (χ4n) is 5.04. The molecule has 4 nitrogen and oxygen atoms in total. The minimum atomic E-state index is 0.0599. The Bertz CT molecular complexity index is 813. The number of amidine groups is 1. The zero-order valence-corrected chi connectivity index (χ0v) is 15.7. The minimum Gasteiger partial charge on any atom is -0.460 e. The van der Waals surface area contributed by atoms with E-state index in [-0.39, 0.29) is 12.1 Å². The largest absolute Gasteiger partial charge is 0.460 e. The molecule has 4 heterocycles. The highest BCUT2D eigenvalue weighted by molar-refractivity contribution is 5.72. The molecule has 3 saturated heterocycles. The van der Waals surface area contributed by atoms with Gasteiger partial charge in [0.05, 0.1) is 6.04 Å². The molecular weight excluding hydrogens is 334 g/mol. The normalized spacial score (nSPS) is 29.3. The van der Waals surface area contributed by atoms with Crippen molar-refractivity contribution < 1.29 is 4.74 Å². The Morgan fingerprint density at radius 3 is 2.41 bits per heavy atom. The summed E-state index contributed by atoms with van der Waals surface area (Å²) >= 11 is 0. The van der Waals surface area contributed by atoms with Gasteiger partial charge in [-0.05, 0) is 55.0 Å². The van der Waals surface area contributed by atoms with Crippen LogP contribution in [0.25, 0.3) is 0 Å². The quantitative estimate of drug-likeness (QED) is 0.655. The highest BCUT2D eigenvalue weighted by Gasteiger charge is 2.38. The monoisotopic (exact) mass is 361 g/mol. The lowest BCUT2D eigenvalue weighted by atomic mass is 9.86. The van der Waals surface area contributed by atoms with Crippen molar-refractivity contribution in [2.75, 3.05) is 26.2 Å². The average Bonchev–Trinajstić information content (AvgIpc) is 2.74. The molecule has 0 aromatic heterocycles. The van der Waals surface area contributed by atoms with E-state index < -0.39 is 0 Å². The van der Waals surface area contributed by atoms with Crippen LogP contribution in [0.1, 0.15) is 35.6 Å². The summed E-state index contributed by atoms with van der Waals surface area (Å²) in [4.78, 5) is 4.65. The summed E-state index contributed by atoms with van der Waals surface area (Å²) in [6.07, 6.45) is 3.56. The van der Waals surface area contributed by atoms with Gasteiger partial charge in [0.1, 0.15) is 6.10 Å². The number of nitrogens with zero attached hydrogens (tertiary/aromatic N) is 2. The Morgan fingerprint density at radius 2 is 1.67 bits per heavy atom.